The zero-order valence-electron chi connectivity index (χ0n) is 8.46. The fourth-order valence-corrected chi connectivity index (χ4v) is 1.70. The van der Waals surface area contributed by atoms with E-state index in [-0.39, 0.29) is 12.0 Å². The summed E-state index contributed by atoms with van der Waals surface area (Å²) in [6.45, 7) is 0.995. The molecule has 2 rings (SSSR count). The Morgan fingerprint density at radius 2 is 2.20 bits per heavy atom. The van der Waals surface area contributed by atoms with E-state index in [4.69, 9.17) is 22.4 Å². The normalized spacial score (nSPS) is 17.5. The molecule has 1 aliphatic rings. The first-order valence-electron chi connectivity index (χ1n) is 5.05. The summed E-state index contributed by atoms with van der Waals surface area (Å²) in [5.41, 5.74) is 7.41. The quantitative estimate of drug-likeness (QED) is 0.690. The average molecular weight is 227 g/mol. The predicted octanol–water partition coefficient (Wildman–Crippen LogP) is 2.11. The zero-order valence-corrected chi connectivity index (χ0v) is 9.22. The number of aliphatic hydroxyl groups excluding tert-OH is 1. The first-order chi connectivity index (χ1) is 7.15. The van der Waals surface area contributed by atoms with Gasteiger partial charge in [0.1, 0.15) is 0 Å². The molecule has 15 heavy (non-hydrogen) atoms. The van der Waals surface area contributed by atoms with Gasteiger partial charge in [-0.1, -0.05) is 11.6 Å². The summed E-state index contributed by atoms with van der Waals surface area (Å²) in [7, 11) is 0. The maximum absolute atomic E-state index is 9.16. The molecule has 0 aliphatic heterocycles. The zero-order chi connectivity index (χ0) is 10.9. The van der Waals surface area contributed by atoms with Crippen LogP contribution in [0.25, 0.3) is 0 Å². The van der Waals surface area contributed by atoms with Crippen LogP contribution in [0.3, 0.4) is 0 Å². The van der Waals surface area contributed by atoms with Crippen molar-refractivity contribution in [2.75, 3.05) is 24.2 Å². The summed E-state index contributed by atoms with van der Waals surface area (Å²) in [6, 6.07) is 5.36. The Bertz CT molecular complexity index is 364. The van der Waals surface area contributed by atoms with Crippen LogP contribution in [0.1, 0.15) is 12.8 Å². The third kappa shape index (κ3) is 2.36. The van der Waals surface area contributed by atoms with Crippen molar-refractivity contribution < 1.29 is 5.11 Å². The summed E-state index contributed by atoms with van der Waals surface area (Å²) >= 11 is 5.87. The van der Waals surface area contributed by atoms with Gasteiger partial charge in [0.25, 0.3) is 0 Å². The molecule has 0 amide bonds. The van der Waals surface area contributed by atoms with E-state index in [1.807, 2.05) is 6.07 Å². The molecule has 1 aliphatic carbocycles. The molecule has 0 bridgehead atoms. The second-order valence-electron chi connectivity index (χ2n) is 4.24. The molecule has 4 heteroatoms. The lowest BCUT2D eigenvalue weighted by atomic mass is 10.1. The molecule has 0 heterocycles. The monoisotopic (exact) mass is 226 g/mol. The Balaban J connectivity index is 2.01. The molecule has 4 N–H and O–H groups in total. The van der Waals surface area contributed by atoms with E-state index < -0.39 is 0 Å². The van der Waals surface area contributed by atoms with Gasteiger partial charge in [0, 0.05) is 17.0 Å². The number of halogens is 1. The van der Waals surface area contributed by atoms with E-state index in [0.29, 0.717) is 10.7 Å². The van der Waals surface area contributed by atoms with Crippen molar-refractivity contribution in [3.05, 3.63) is 23.2 Å². The summed E-state index contributed by atoms with van der Waals surface area (Å²) in [5, 5.41) is 13.1. The van der Waals surface area contributed by atoms with Gasteiger partial charge >= 0.3 is 0 Å². The van der Waals surface area contributed by atoms with E-state index >= 15 is 0 Å². The number of aliphatic hydroxyl groups is 1. The number of benzene rings is 1. The SMILES string of the molecule is Nc1ccc(Cl)cc1NCC1(CO)CC1. The Hall–Kier alpha value is -0.930. The lowest BCUT2D eigenvalue weighted by Gasteiger charge is -2.15. The number of rotatable bonds is 4. The third-order valence-electron chi connectivity index (χ3n) is 2.96. The van der Waals surface area contributed by atoms with E-state index in [9.17, 15) is 0 Å². The summed E-state index contributed by atoms with van der Waals surface area (Å²) < 4.78 is 0. The highest BCUT2D eigenvalue weighted by Crippen LogP contribution is 2.45. The van der Waals surface area contributed by atoms with Crippen LogP contribution in [0.4, 0.5) is 11.4 Å². The number of hydrogen-bond acceptors (Lipinski definition) is 3. The van der Waals surface area contributed by atoms with E-state index in [1.165, 1.54) is 0 Å². The number of anilines is 2. The lowest BCUT2D eigenvalue weighted by Crippen LogP contribution is -2.19. The molecule has 1 saturated carbocycles. The molecule has 0 radical (unpaired) electrons. The lowest BCUT2D eigenvalue weighted by molar-refractivity contribution is 0.220. The first kappa shape index (κ1) is 10.6. The van der Waals surface area contributed by atoms with Gasteiger partial charge in [-0.3, -0.25) is 0 Å². The molecule has 0 spiro atoms. The highest BCUT2D eigenvalue weighted by molar-refractivity contribution is 6.31. The van der Waals surface area contributed by atoms with Gasteiger partial charge in [0.2, 0.25) is 0 Å². The number of nitrogens with two attached hydrogens (primary N) is 1. The maximum atomic E-state index is 9.16. The second kappa shape index (κ2) is 3.91. The Kier molecular flexibility index (Phi) is 2.76. The molecule has 0 aromatic heterocycles. The molecule has 1 fully saturated rings. The van der Waals surface area contributed by atoms with Gasteiger partial charge in [-0.25, -0.2) is 0 Å². The Labute approximate surface area is 94.2 Å². The van der Waals surface area contributed by atoms with Crippen molar-refractivity contribution in [1.82, 2.24) is 0 Å². The van der Waals surface area contributed by atoms with Crippen molar-refractivity contribution in [2.24, 2.45) is 5.41 Å². The van der Waals surface area contributed by atoms with Gasteiger partial charge < -0.3 is 16.2 Å². The van der Waals surface area contributed by atoms with E-state index in [0.717, 1.165) is 25.1 Å². The summed E-state index contributed by atoms with van der Waals surface area (Å²) in [5.74, 6) is 0. The van der Waals surface area contributed by atoms with Crippen LogP contribution in [0, 0.1) is 5.41 Å². The molecular formula is C11H15ClN2O. The van der Waals surface area contributed by atoms with Crippen LogP contribution in [-0.4, -0.2) is 18.3 Å². The second-order valence-corrected chi connectivity index (χ2v) is 4.68. The molecule has 82 valence electrons. The van der Waals surface area contributed by atoms with Crippen molar-refractivity contribution in [1.29, 1.82) is 0 Å². The molecule has 1 aromatic carbocycles. The number of nitrogens with one attached hydrogen (secondary N) is 1. The van der Waals surface area contributed by atoms with Crippen molar-refractivity contribution in [3.63, 3.8) is 0 Å². The van der Waals surface area contributed by atoms with Gasteiger partial charge in [-0.05, 0) is 31.0 Å². The predicted molar refractivity (Wildman–Crippen MR) is 63.1 cm³/mol. The van der Waals surface area contributed by atoms with Gasteiger partial charge in [0.15, 0.2) is 0 Å². The number of nitrogen functional groups attached to an aromatic ring is 1. The highest BCUT2D eigenvalue weighted by atomic mass is 35.5. The summed E-state index contributed by atoms with van der Waals surface area (Å²) in [6.07, 6.45) is 2.16. The van der Waals surface area contributed by atoms with Gasteiger partial charge in [0.05, 0.1) is 18.0 Å². The van der Waals surface area contributed by atoms with Crippen LogP contribution >= 0.6 is 11.6 Å². The van der Waals surface area contributed by atoms with Crippen LogP contribution in [0.5, 0.6) is 0 Å². The maximum Gasteiger partial charge on any atom is 0.0589 e. The standard InChI is InChI=1S/C11H15ClN2O/c12-8-1-2-9(13)10(5-8)14-6-11(7-15)3-4-11/h1-2,5,14-15H,3-4,6-7,13H2. The van der Waals surface area contributed by atoms with Crippen LogP contribution < -0.4 is 11.1 Å². The Morgan fingerprint density at radius 1 is 1.47 bits per heavy atom. The van der Waals surface area contributed by atoms with Gasteiger partial charge in [-0.2, -0.15) is 0 Å². The van der Waals surface area contributed by atoms with Crippen LogP contribution in [0.2, 0.25) is 5.02 Å². The largest absolute Gasteiger partial charge is 0.397 e. The van der Waals surface area contributed by atoms with E-state index in [1.54, 1.807) is 12.1 Å². The van der Waals surface area contributed by atoms with Crippen molar-refractivity contribution in [3.8, 4) is 0 Å². The summed E-state index contributed by atoms with van der Waals surface area (Å²) in [4.78, 5) is 0. The molecule has 0 atom stereocenters. The van der Waals surface area contributed by atoms with Crippen molar-refractivity contribution in [2.45, 2.75) is 12.8 Å². The fraction of sp³-hybridized carbons (Fsp3) is 0.455. The minimum absolute atomic E-state index is 0.0781. The molecule has 0 unspecified atom stereocenters. The van der Waals surface area contributed by atoms with Crippen molar-refractivity contribution >= 4 is 23.0 Å². The van der Waals surface area contributed by atoms with Crippen LogP contribution in [-0.2, 0) is 0 Å². The smallest absolute Gasteiger partial charge is 0.0589 e. The minimum atomic E-state index is 0.0781. The molecule has 3 nitrogen and oxygen atoms in total. The average Bonchev–Trinajstić information content (AvgIpc) is 3.00. The highest BCUT2D eigenvalue weighted by Gasteiger charge is 2.41. The first-order valence-corrected chi connectivity index (χ1v) is 5.43. The van der Waals surface area contributed by atoms with E-state index in [2.05, 4.69) is 5.32 Å². The minimum Gasteiger partial charge on any atom is -0.397 e. The third-order valence-corrected chi connectivity index (χ3v) is 3.20. The molecular weight excluding hydrogens is 212 g/mol. The van der Waals surface area contributed by atoms with Crippen LogP contribution in [0.15, 0.2) is 18.2 Å². The number of hydrogen-bond donors (Lipinski definition) is 3. The molecule has 0 saturated heterocycles. The fourth-order valence-electron chi connectivity index (χ4n) is 1.53. The molecule has 1 aromatic rings. The topological polar surface area (TPSA) is 58.3 Å². The Morgan fingerprint density at radius 3 is 2.80 bits per heavy atom. The van der Waals surface area contributed by atoms with Gasteiger partial charge in [-0.15, -0.1) is 0 Å².